The number of ketones is 1. The minimum Gasteiger partial charge on any atom is -0.299 e. The highest BCUT2D eigenvalue weighted by Gasteiger charge is 2.29. The molecule has 1 aliphatic rings. The molecule has 1 aromatic carbocycles. The van der Waals surface area contributed by atoms with Crippen LogP contribution in [0.1, 0.15) is 38.7 Å². The van der Waals surface area contributed by atoms with E-state index >= 15 is 0 Å². The van der Waals surface area contributed by atoms with E-state index in [9.17, 15) is 13.2 Å². The standard InChI is InChI=1S/C15H21NO3S/c1-11(2)9-14(17)10-12-5-3-4-6-15(12)20(18,19)16-13-7-8-13/h3-6,11,13,16H,7-10H2,1-2H3. The lowest BCUT2D eigenvalue weighted by Gasteiger charge is -2.11. The normalized spacial score (nSPS) is 15.6. The molecule has 0 spiro atoms. The van der Waals surface area contributed by atoms with Crippen LogP contribution in [0.4, 0.5) is 0 Å². The van der Waals surface area contributed by atoms with E-state index in [4.69, 9.17) is 0 Å². The van der Waals surface area contributed by atoms with Crippen LogP contribution in [0.25, 0.3) is 0 Å². The summed E-state index contributed by atoms with van der Waals surface area (Å²) in [7, 11) is -3.50. The number of sulfonamides is 1. The minimum absolute atomic E-state index is 0.0689. The smallest absolute Gasteiger partial charge is 0.241 e. The van der Waals surface area contributed by atoms with E-state index in [1.165, 1.54) is 0 Å². The van der Waals surface area contributed by atoms with Crippen LogP contribution >= 0.6 is 0 Å². The Morgan fingerprint density at radius 1 is 1.30 bits per heavy atom. The van der Waals surface area contributed by atoms with Crippen molar-refractivity contribution in [2.45, 2.75) is 50.5 Å². The lowest BCUT2D eigenvalue weighted by Crippen LogP contribution is -2.27. The Labute approximate surface area is 120 Å². The number of hydrogen-bond acceptors (Lipinski definition) is 3. The van der Waals surface area contributed by atoms with Crippen molar-refractivity contribution in [2.75, 3.05) is 0 Å². The molecule has 20 heavy (non-hydrogen) atoms. The predicted octanol–water partition coefficient (Wildman–Crippen LogP) is 2.29. The lowest BCUT2D eigenvalue weighted by atomic mass is 10.0. The molecule has 110 valence electrons. The number of carbonyl (C=O) groups is 1. The second-order valence-electron chi connectivity index (χ2n) is 5.82. The second kappa shape index (κ2) is 6.06. The first-order chi connectivity index (χ1) is 9.38. The number of hydrogen-bond donors (Lipinski definition) is 1. The summed E-state index contributed by atoms with van der Waals surface area (Å²) in [5.74, 6) is 0.366. The van der Waals surface area contributed by atoms with Gasteiger partial charge >= 0.3 is 0 Å². The van der Waals surface area contributed by atoms with Crippen LogP contribution in [0.15, 0.2) is 29.2 Å². The van der Waals surface area contributed by atoms with E-state index < -0.39 is 10.0 Å². The third-order valence-corrected chi connectivity index (χ3v) is 4.81. The van der Waals surface area contributed by atoms with Crippen LogP contribution < -0.4 is 4.72 Å². The monoisotopic (exact) mass is 295 g/mol. The molecular weight excluding hydrogens is 274 g/mol. The second-order valence-corrected chi connectivity index (χ2v) is 7.50. The fraction of sp³-hybridized carbons (Fsp3) is 0.533. The van der Waals surface area contributed by atoms with Crippen LogP contribution in [0.2, 0.25) is 0 Å². The van der Waals surface area contributed by atoms with Gasteiger partial charge in [-0.3, -0.25) is 4.79 Å². The summed E-state index contributed by atoms with van der Waals surface area (Å²) < 4.78 is 27.2. The molecule has 2 rings (SSSR count). The molecule has 1 aromatic rings. The summed E-state index contributed by atoms with van der Waals surface area (Å²) in [6.45, 7) is 3.96. The zero-order chi connectivity index (χ0) is 14.8. The molecule has 0 saturated heterocycles. The first kappa shape index (κ1) is 15.2. The molecule has 1 saturated carbocycles. The molecule has 0 bridgehead atoms. The molecule has 4 nitrogen and oxygen atoms in total. The highest BCUT2D eigenvalue weighted by Crippen LogP contribution is 2.24. The third kappa shape index (κ3) is 4.15. The maximum absolute atomic E-state index is 12.3. The zero-order valence-corrected chi connectivity index (χ0v) is 12.7. The van der Waals surface area contributed by atoms with Gasteiger partial charge in [0, 0.05) is 18.9 Å². The van der Waals surface area contributed by atoms with Crippen LogP contribution in [0.3, 0.4) is 0 Å². The highest BCUT2D eigenvalue weighted by atomic mass is 32.2. The van der Waals surface area contributed by atoms with Crippen molar-refractivity contribution in [3.8, 4) is 0 Å². The van der Waals surface area contributed by atoms with E-state index in [1.807, 2.05) is 13.8 Å². The SMILES string of the molecule is CC(C)CC(=O)Cc1ccccc1S(=O)(=O)NC1CC1. The molecule has 1 N–H and O–H groups in total. The van der Waals surface area contributed by atoms with E-state index in [2.05, 4.69) is 4.72 Å². The maximum atomic E-state index is 12.3. The van der Waals surface area contributed by atoms with Gasteiger partial charge in [-0.2, -0.15) is 0 Å². The van der Waals surface area contributed by atoms with Crippen molar-refractivity contribution in [1.82, 2.24) is 4.72 Å². The largest absolute Gasteiger partial charge is 0.299 e. The number of Topliss-reactive ketones (excluding diaryl/α,β-unsaturated/α-hetero) is 1. The van der Waals surface area contributed by atoms with Gasteiger partial charge in [-0.25, -0.2) is 13.1 Å². The van der Waals surface area contributed by atoms with Crippen LogP contribution in [0, 0.1) is 5.92 Å². The van der Waals surface area contributed by atoms with Crippen LogP contribution in [0.5, 0.6) is 0 Å². The van der Waals surface area contributed by atoms with Gasteiger partial charge in [-0.05, 0) is 30.4 Å². The summed E-state index contributed by atoms with van der Waals surface area (Å²) in [6.07, 6.45) is 2.45. The molecule has 0 aliphatic heterocycles. The van der Waals surface area contributed by atoms with Crippen molar-refractivity contribution >= 4 is 15.8 Å². The molecule has 1 fully saturated rings. The van der Waals surface area contributed by atoms with Crippen molar-refractivity contribution in [2.24, 2.45) is 5.92 Å². The van der Waals surface area contributed by atoms with Gasteiger partial charge in [0.05, 0.1) is 4.90 Å². The molecule has 0 radical (unpaired) electrons. The summed E-state index contributed by atoms with van der Waals surface area (Å²) in [5, 5.41) is 0. The Balaban J connectivity index is 2.19. The molecule has 0 unspecified atom stereocenters. The molecule has 0 atom stereocenters. The van der Waals surface area contributed by atoms with Crippen molar-refractivity contribution in [1.29, 1.82) is 0 Å². The fourth-order valence-corrected chi connectivity index (χ4v) is 3.68. The van der Waals surface area contributed by atoms with Gasteiger partial charge in [0.2, 0.25) is 10.0 Å². The summed E-state index contributed by atoms with van der Waals surface area (Å²) in [4.78, 5) is 12.2. The van der Waals surface area contributed by atoms with Gasteiger partial charge < -0.3 is 0 Å². The summed E-state index contributed by atoms with van der Waals surface area (Å²) >= 11 is 0. The average Bonchev–Trinajstić information content (AvgIpc) is 3.11. The van der Waals surface area contributed by atoms with E-state index in [0.29, 0.717) is 12.0 Å². The molecule has 0 heterocycles. The van der Waals surface area contributed by atoms with E-state index in [0.717, 1.165) is 12.8 Å². The lowest BCUT2D eigenvalue weighted by molar-refractivity contribution is -0.119. The average molecular weight is 295 g/mol. The molecule has 1 aliphatic carbocycles. The van der Waals surface area contributed by atoms with E-state index in [-0.39, 0.29) is 29.1 Å². The Morgan fingerprint density at radius 3 is 2.55 bits per heavy atom. The number of rotatable bonds is 7. The predicted molar refractivity (Wildman–Crippen MR) is 78.0 cm³/mol. The van der Waals surface area contributed by atoms with Gasteiger partial charge in [0.25, 0.3) is 0 Å². The molecule has 0 aromatic heterocycles. The Kier molecular flexibility index (Phi) is 4.60. The Hall–Kier alpha value is -1.20. The maximum Gasteiger partial charge on any atom is 0.241 e. The fourth-order valence-electron chi connectivity index (χ4n) is 2.14. The summed E-state index contributed by atoms with van der Waals surface area (Å²) in [5.41, 5.74) is 0.589. The number of benzene rings is 1. The van der Waals surface area contributed by atoms with Gasteiger partial charge in [-0.15, -0.1) is 0 Å². The van der Waals surface area contributed by atoms with Crippen LogP contribution in [-0.4, -0.2) is 20.2 Å². The number of carbonyl (C=O) groups excluding carboxylic acids is 1. The molecule has 5 heteroatoms. The Bertz CT molecular complexity index is 589. The molecule has 0 amide bonds. The van der Waals surface area contributed by atoms with Gasteiger partial charge in [0.1, 0.15) is 5.78 Å². The van der Waals surface area contributed by atoms with Gasteiger partial charge in [0.15, 0.2) is 0 Å². The highest BCUT2D eigenvalue weighted by molar-refractivity contribution is 7.89. The minimum atomic E-state index is -3.50. The van der Waals surface area contributed by atoms with Crippen molar-refractivity contribution in [3.63, 3.8) is 0 Å². The van der Waals surface area contributed by atoms with Crippen molar-refractivity contribution < 1.29 is 13.2 Å². The third-order valence-electron chi connectivity index (χ3n) is 3.18. The Morgan fingerprint density at radius 2 is 1.95 bits per heavy atom. The topological polar surface area (TPSA) is 63.2 Å². The zero-order valence-electron chi connectivity index (χ0n) is 11.9. The first-order valence-corrected chi connectivity index (χ1v) is 8.49. The quantitative estimate of drug-likeness (QED) is 0.839. The van der Waals surface area contributed by atoms with Gasteiger partial charge in [-0.1, -0.05) is 32.0 Å². The van der Waals surface area contributed by atoms with Crippen LogP contribution in [-0.2, 0) is 21.2 Å². The van der Waals surface area contributed by atoms with E-state index in [1.54, 1.807) is 24.3 Å². The first-order valence-electron chi connectivity index (χ1n) is 7.00. The number of nitrogens with one attached hydrogen (secondary N) is 1. The molecular formula is C15H21NO3S. The summed E-state index contributed by atoms with van der Waals surface area (Å²) in [6, 6.07) is 6.83. The van der Waals surface area contributed by atoms with Crippen molar-refractivity contribution in [3.05, 3.63) is 29.8 Å².